The first kappa shape index (κ1) is 21.0. The van der Waals surface area contributed by atoms with Crippen LogP contribution in [0.4, 0.5) is 0 Å². The third kappa shape index (κ3) is 4.35. The molecule has 0 radical (unpaired) electrons. The zero-order valence-corrected chi connectivity index (χ0v) is 19.5. The maximum Gasteiger partial charge on any atom is 0.229 e. The number of methoxy groups -OCH3 is 1. The third-order valence-corrected chi connectivity index (χ3v) is 8.28. The highest BCUT2D eigenvalue weighted by Gasteiger charge is 2.53. The smallest absolute Gasteiger partial charge is 0.229 e. The first-order chi connectivity index (χ1) is 16.2. The lowest BCUT2D eigenvalue weighted by atomic mass is 9.82. The van der Waals surface area contributed by atoms with E-state index >= 15 is 0 Å². The molecule has 0 amide bonds. The second kappa shape index (κ2) is 8.68. The van der Waals surface area contributed by atoms with Crippen molar-refractivity contribution >= 4 is 10.9 Å². The molecule has 3 fully saturated rings. The molecular formula is C28H34N2O3. The summed E-state index contributed by atoms with van der Waals surface area (Å²) in [5.41, 5.74) is 2.71. The van der Waals surface area contributed by atoms with E-state index in [2.05, 4.69) is 40.7 Å². The van der Waals surface area contributed by atoms with Crippen LogP contribution in [0.2, 0.25) is 0 Å². The summed E-state index contributed by atoms with van der Waals surface area (Å²) in [6.07, 6.45) is 16.3. The number of nitrogens with one attached hydrogen (secondary N) is 1. The second-order valence-electron chi connectivity index (χ2n) is 10.4. The van der Waals surface area contributed by atoms with Gasteiger partial charge in [-0.3, -0.25) is 4.98 Å². The summed E-state index contributed by atoms with van der Waals surface area (Å²) in [7, 11) is 1.73. The van der Waals surface area contributed by atoms with Crippen molar-refractivity contribution in [3.8, 4) is 5.75 Å². The highest BCUT2D eigenvalue weighted by molar-refractivity contribution is 5.83. The fraction of sp³-hybridized carbons (Fsp3) is 0.536. The van der Waals surface area contributed by atoms with Gasteiger partial charge in [-0.1, -0.05) is 0 Å². The summed E-state index contributed by atoms with van der Waals surface area (Å²) >= 11 is 0. The van der Waals surface area contributed by atoms with E-state index in [0.29, 0.717) is 18.8 Å². The van der Waals surface area contributed by atoms with Crippen LogP contribution in [0, 0.1) is 17.3 Å². The molecule has 3 aliphatic carbocycles. The maximum absolute atomic E-state index is 5.72. The van der Waals surface area contributed by atoms with E-state index in [1.54, 1.807) is 7.11 Å². The van der Waals surface area contributed by atoms with Crippen molar-refractivity contribution in [1.29, 1.82) is 0 Å². The SMILES string of the molecule is COc1ccc2nccc(CCC3CCC(NCC45C=C6CC(=CC4C5)OCO6)CC3)c2c1. The number of aryl methyl sites for hydroxylation is 1. The van der Waals surface area contributed by atoms with Gasteiger partial charge in [-0.25, -0.2) is 0 Å². The lowest BCUT2D eigenvalue weighted by Gasteiger charge is -2.30. The fourth-order valence-corrected chi connectivity index (χ4v) is 6.07. The molecule has 5 nitrogen and oxygen atoms in total. The van der Waals surface area contributed by atoms with Crippen LogP contribution >= 0.6 is 0 Å². The van der Waals surface area contributed by atoms with E-state index in [1.807, 2.05) is 12.3 Å². The van der Waals surface area contributed by atoms with Gasteiger partial charge in [-0.2, -0.15) is 0 Å². The Bertz CT molecular complexity index is 1090. The summed E-state index contributed by atoms with van der Waals surface area (Å²) < 4.78 is 16.8. The molecule has 2 atom stereocenters. The molecule has 5 heteroatoms. The van der Waals surface area contributed by atoms with Crippen molar-refractivity contribution in [2.45, 2.75) is 57.4 Å². The van der Waals surface area contributed by atoms with E-state index < -0.39 is 0 Å². The summed E-state index contributed by atoms with van der Waals surface area (Å²) in [5.74, 6) is 4.56. The second-order valence-corrected chi connectivity index (χ2v) is 10.4. The number of hydrogen-bond acceptors (Lipinski definition) is 5. The molecular weight excluding hydrogens is 412 g/mol. The lowest BCUT2D eigenvalue weighted by molar-refractivity contribution is -0.0216. The number of pyridine rings is 1. The predicted octanol–water partition coefficient (Wildman–Crippen LogP) is 5.51. The Morgan fingerprint density at radius 2 is 2.00 bits per heavy atom. The number of benzene rings is 1. The normalized spacial score (nSPS) is 30.3. The van der Waals surface area contributed by atoms with Crippen molar-refractivity contribution in [2.75, 3.05) is 20.4 Å². The molecule has 33 heavy (non-hydrogen) atoms. The van der Waals surface area contributed by atoms with Gasteiger partial charge < -0.3 is 19.5 Å². The van der Waals surface area contributed by atoms with Gasteiger partial charge in [0.1, 0.15) is 17.3 Å². The average Bonchev–Trinajstić information content (AvgIpc) is 3.54. The first-order valence-corrected chi connectivity index (χ1v) is 12.5. The Labute approximate surface area is 196 Å². The third-order valence-electron chi connectivity index (χ3n) is 8.28. The Morgan fingerprint density at radius 3 is 2.88 bits per heavy atom. The molecule has 1 aliphatic heterocycles. The van der Waals surface area contributed by atoms with Crippen molar-refractivity contribution in [3.63, 3.8) is 0 Å². The number of aromatic nitrogens is 1. The molecule has 2 heterocycles. The van der Waals surface area contributed by atoms with E-state index in [1.165, 1.54) is 49.5 Å². The van der Waals surface area contributed by atoms with Gasteiger partial charge in [0, 0.05) is 29.6 Å². The molecule has 6 rings (SSSR count). The summed E-state index contributed by atoms with van der Waals surface area (Å²) in [6.45, 7) is 1.44. The molecule has 1 aromatic carbocycles. The number of rotatable bonds is 7. The zero-order chi connectivity index (χ0) is 22.3. The van der Waals surface area contributed by atoms with Gasteiger partial charge in [-0.15, -0.1) is 0 Å². The Balaban J connectivity index is 1.01. The van der Waals surface area contributed by atoms with E-state index in [4.69, 9.17) is 14.2 Å². The monoisotopic (exact) mass is 446 g/mol. The molecule has 2 unspecified atom stereocenters. The number of nitrogens with zero attached hydrogens (tertiary/aromatic N) is 1. The predicted molar refractivity (Wildman–Crippen MR) is 129 cm³/mol. The fourth-order valence-electron chi connectivity index (χ4n) is 6.07. The molecule has 174 valence electrons. The highest BCUT2D eigenvalue weighted by Crippen LogP contribution is 2.57. The van der Waals surface area contributed by atoms with Crippen LogP contribution in [0.3, 0.4) is 0 Å². The molecule has 2 saturated carbocycles. The average molecular weight is 447 g/mol. The van der Waals surface area contributed by atoms with Crippen LogP contribution in [0.1, 0.15) is 50.5 Å². The van der Waals surface area contributed by atoms with Crippen LogP contribution in [0.25, 0.3) is 10.9 Å². The standard InChI is InChI=1S/C28H34N2O3/c1-31-23-8-9-27-26(14-23)20(10-11-29-27)5-2-19-3-6-22(7-4-19)30-17-28-15-21(28)12-24-13-25(16-28)33-18-32-24/h8-12,14,16,19,21-22,30H,2-7,13,15,17-18H2,1H3. The lowest BCUT2D eigenvalue weighted by Crippen LogP contribution is -2.37. The molecule has 2 aromatic rings. The van der Waals surface area contributed by atoms with Crippen LogP contribution in [0.5, 0.6) is 5.75 Å². The van der Waals surface area contributed by atoms with Gasteiger partial charge in [0.15, 0.2) is 0 Å². The maximum atomic E-state index is 5.72. The number of ether oxygens (including phenoxy) is 3. The molecule has 1 aromatic heterocycles. The zero-order valence-electron chi connectivity index (χ0n) is 19.5. The van der Waals surface area contributed by atoms with E-state index in [-0.39, 0.29) is 5.41 Å². The van der Waals surface area contributed by atoms with Crippen molar-refractivity contribution in [3.05, 3.63) is 59.7 Å². The first-order valence-electron chi connectivity index (χ1n) is 12.5. The van der Waals surface area contributed by atoms with Crippen molar-refractivity contribution in [2.24, 2.45) is 17.3 Å². The topological polar surface area (TPSA) is 52.6 Å². The van der Waals surface area contributed by atoms with Gasteiger partial charge in [0.2, 0.25) is 6.79 Å². The number of allylic oxidation sites excluding steroid dienone is 1. The molecule has 0 spiro atoms. The van der Waals surface area contributed by atoms with Gasteiger partial charge in [-0.05, 0) is 98.8 Å². The van der Waals surface area contributed by atoms with Crippen LogP contribution in [-0.2, 0) is 15.9 Å². The van der Waals surface area contributed by atoms with Crippen molar-refractivity contribution in [1.82, 2.24) is 10.3 Å². The minimum atomic E-state index is 0.255. The quantitative estimate of drug-likeness (QED) is 0.608. The van der Waals surface area contributed by atoms with E-state index in [9.17, 15) is 0 Å². The number of hydrogen-bond donors (Lipinski definition) is 1. The van der Waals surface area contributed by atoms with Crippen LogP contribution in [-0.4, -0.2) is 31.5 Å². The molecule has 1 N–H and O–H groups in total. The highest BCUT2D eigenvalue weighted by atomic mass is 16.7. The van der Waals surface area contributed by atoms with E-state index in [0.717, 1.165) is 48.1 Å². The molecule has 1 saturated heterocycles. The molecule has 4 aliphatic rings. The summed E-state index contributed by atoms with van der Waals surface area (Å²) in [4.78, 5) is 4.53. The van der Waals surface area contributed by atoms with Crippen LogP contribution < -0.4 is 10.1 Å². The van der Waals surface area contributed by atoms with Crippen molar-refractivity contribution < 1.29 is 14.2 Å². The van der Waals surface area contributed by atoms with Gasteiger partial charge in [0.25, 0.3) is 0 Å². The summed E-state index contributed by atoms with van der Waals surface area (Å²) in [6, 6.07) is 9.01. The minimum Gasteiger partial charge on any atom is -0.497 e. The van der Waals surface area contributed by atoms with Crippen LogP contribution in [0.15, 0.2) is 54.1 Å². The Morgan fingerprint density at radius 1 is 1.12 bits per heavy atom. The Hall–Kier alpha value is -2.53. The molecule has 2 bridgehead atoms. The van der Waals surface area contributed by atoms with Gasteiger partial charge >= 0.3 is 0 Å². The Kier molecular flexibility index (Phi) is 5.53. The summed E-state index contributed by atoms with van der Waals surface area (Å²) in [5, 5.41) is 5.15. The minimum absolute atomic E-state index is 0.255. The van der Waals surface area contributed by atoms with Gasteiger partial charge in [0.05, 0.1) is 19.0 Å². The number of fused-ring (bicyclic) bond motifs is 4. The largest absolute Gasteiger partial charge is 0.497 e.